The van der Waals surface area contributed by atoms with E-state index in [1.54, 1.807) is 0 Å². The third kappa shape index (κ3) is 4.73. The second-order valence-corrected chi connectivity index (χ2v) is 6.83. The molecule has 1 nitrogen and oxygen atoms in total. The van der Waals surface area contributed by atoms with E-state index in [2.05, 4.69) is 6.92 Å². The molecule has 0 aromatic carbocycles. The van der Waals surface area contributed by atoms with Crippen LogP contribution in [0.1, 0.15) is 71.1 Å². The van der Waals surface area contributed by atoms with Crippen molar-refractivity contribution in [3.05, 3.63) is 0 Å². The maximum atomic E-state index is 12.0. The van der Waals surface area contributed by atoms with Crippen molar-refractivity contribution in [2.45, 2.75) is 71.1 Å². The Hall–Kier alpha value is -0.110. The van der Waals surface area contributed by atoms with E-state index in [4.69, 9.17) is 4.74 Å². The third-order valence-corrected chi connectivity index (χ3v) is 5.58. The van der Waals surface area contributed by atoms with Gasteiger partial charge in [-0.1, -0.05) is 32.6 Å². The lowest BCUT2D eigenvalue weighted by molar-refractivity contribution is 0.0179. The Labute approximate surface area is 118 Å². The zero-order valence-corrected chi connectivity index (χ0v) is 12.6. The summed E-state index contributed by atoms with van der Waals surface area (Å²) in [6, 6.07) is 0. The minimum Gasteiger partial charge on any atom is -0.350 e. The zero-order chi connectivity index (χ0) is 13.5. The first kappa shape index (κ1) is 15.3. The molecule has 0 heterocycles. The van der Waals surface area contributed by atoms with E-state index in [9.17, 15) is 4.39 Å². The van der Waals surface area contributed by atoms with E-state index < -0.39 is 6.86 Å². The number of rotatable bonds is 6. The highest BCUT2D eigenvalue weighted by Gasteiger charge is 2.30. The molecule has 2 aliphatic rings. The number of hydrogen-bond donors (Lipinski definition) is 0. The van der Waals surface area contributed by atoms with E-state index in [0.717, 1.165) is 17.8 Å². The molecule has 19 heavy (non-hydrogen) atoms. The predicted octanol–water partition coefficient (Wildman–Crippen LogP) is 5.34. The average molecular weight is 270 g/mol. The van der Waals surface area contributed by atoms with Crippen LogP contribution in [0.3, 0.4) is 0 Å². The second kappa shape index (κ2) is 8.24. The summed E-state index contributed by atoms with van der Waals surface area (Å²) in [6.07, 6.45) is 14.0. The molecule has 0 unspecified atom stereocenters. The molecule has 0 saturated heterocycles. The van der Waals surface area contributed by atoms with Gasteiger partial charge in [0.2, 0.25) is 0 Å². The molecule has 2 fully saturated rings. The summed E-state index contributed by atoms with van der Waals surface area (Å²) in [5.74, 6) is 3.61. The topological polar surface area (TPSA) is 9.23 Å². The molecule has 0 amide bonds. The molecule has 2 rings (SSSR count). The molecule has 0 spiro atoms. The fraction of sp³-hybridized carbons (Fsp3) is 1.00. The number of ether oxygens (including phenoxy) is 1. The second-order valence-electron chi connectivity index (χ2n) is 6.83. The summed E-state index contributed by atoms with van der Waals surface area (Å²) >= 11 is 0. The van der Waals surface area contributed by atoms with Gasteiger partial charge in [0.25, 0.3) is 0 Å². The van der Waals surface area contributed by atoms with Crippen LogP contribution in [0.5, 0.6) is 0 Å². The first-order valence-electron chi connectivity index (χ1n) is 8.47. The predicted molar refractivity (Wildman–Crippen MR) is 77.7 cm³/mol. The SMILES string of the molecule is CCCC1CCC(C2CCC(COCF)CC2)CC1. The molecule has 2 heteroatoms. The van der Waals surface area contributed by atoms with Gasteiger partial charge < -0.3 is 4.74 Å². The Balaban J connectivity index is 1.65. The number of halogens is 1. The monoisotopic (exact) mass is 270 g/mol. The van der Waals surface area contributed by atoms with Crippen molar-refractivity contribution >= 4 is 0 Å². The Bertz CT molecular complexity index is 227. The number of hydrogen-bond acceptors (Lipinski definition) is 1. The van der Waals surface area contributed by atoms with Crippen LogP contribution in [0.25, 0.3) is 0 Å². The van der Waals surface area contributed by atoms with Crippen LogP contribution in [0, 0.1) is 23.7 Å². The van der Waals surface area contributed by atoms with Crippen LogP contribution >= 0.6 is 0 Å². The van der Waals surface area contributed by atoms with E-state index in [1.807, 2.05) is 0 Å². The van der Waals surface area contributed by atoms with Crippen molar-refractivity contribution in [1.29, 1.82) is 0 Å². The van der Waals surface area contributed by atoms with Gasteiger partial charge in [-0.3, -0.25) is 0 Å². The van der Waals surface area contributed by atoms with Gasteiger partial charge in [0.05, 0.1) is 6.61 Å². The normalized spacial score (nSPS) is 36.3. The smallest absolute Gasteiger partial charge is 0.188 e. The average Bonchev–Trinajstić information content (AvgIpc) is 2.47. The molecule has 2 aliphatic carbocycles. The van der Waals surface area contributed by atoms with Crippen LogP contribution < -0.4 is 0 Å². The molecule has 0 atom stereocenters. The quantitative estimate of drug-likeness (QED) is 0.632. The molecule has 0 aromatic rings. The highest BCUT2D eigenvalue weighted by molar-refractivity contribution is 4.81. The first-order chi connectivity index (χ1) is 9.33. The first-order valence-corrected chi connectivity index (χ1v) is 8.47. The van der Waals surface area contributed by atoms with Gasteiger partial charge in [-0.05, 0) is 62.2 Å². The van der Waals surface area contributed by atoms with Crippen LogP contribution in [0.15, 0.2) is 0 Å². The fourth-order valence-electron chi connectivity index (χ4n) is 4.39. The molecule has 112 valence electrons. The molecule has 2 saturated carbocycles. The molecule has 0 radical (unpaired) electrons. The van der Waals surface area contributed by atoms with E-state index in [-0.39, 0.29) is 0 Å². The molecule has 0 aliphatic heterocycles. The summed E-state index contributed by atoms with van der Waals surface area (Å²) < 4.78 is 16.9. The van der Waals surface area contributed by atoms with Crippen LogP contribution in [0.4, 0.5) is 4.39 Å². The van der Waals surface area contributed by atoms with Crippen molar-refractivity contribution in [3.63, 3.8) is 0 Å². The fourth-order valence-corrected chi connectivity index (χ4v) is 4.39. The standard InChI is InChI=1S/C17H31FO/c1-2-3-14-4-8-16(9-5-14)17-10-6-15(7-11-17)12-19-13-18/h14-17H,2-13H2,1H3. The summed E-state index contributed by atoms with van der Waals surface area (Å²) in [5, 5.41) is 0. The van der Waals surface area contributed by atoms with Crippen molar-refractivity contribution in [1.82, 2.24) is 0 Å². The van der Waals surface area contributed by atoms with Crippen molar-refractivity contribution < 1.29 is 9.13 Å². The molecular formula is C17H31FO. The summed E-state index contributed by atoms with van der Waals surface area (Å²) in [5.41, 5.74) is 0. The van der Waals surface area contributed by atoms with Crippen LogP contribution in [-0.4, -0.2) is 13.5 Å². The zero-order valence-electron chi connectivity index (χ0n) is 12.6. The molecular weight excluding hydrogens is 239 g/mol. The summed E-state index contributed by atoms with van der Waals surface area (Å²) in [7, 11) is 0. The minimum absolute atomic E-state index is 0.610. The summed E-state index contributed by atoms with van der Waals surface area (Å²) in [6.45, 7) is 2.35. The lowest BCUT2D eigenvalue weighted by Gasteiger charge is -2.37. The molecule has 0 aromatic heterocycles. The van der Waals surface area contributed by atoms with Crippen LogP contribution in [0.2, 0.25) is 0 Å². The lowest BCUT2D eigenvalue weighted by Crippen LogP contribution is -2.27. The van der Waals surface area contributed by atoms with Gasteiger partial charge in [0.1, 0.15) is 0 Å². The summed E-state index contributed by atoms with van der Waals surface area (Å²) in [4.78, 5) is 0. The van der Waals surface area contributed by atoms with E-state index in [0.29, 0.717) is 12.5 Å². The van der Waals surface area contributed by atoms with E-state index >= 15 is 0 Å². The van der Waals surface area contributed by atoms with Gasteiger partial charge in [-0.15, -0.1) is 0 Å². The van der Waals surface area contributed by atoms with Crippen molar-refractivity contribution in [2.75, 3.05) is 13.5 Å². The Morgan fingerprint density at radius 3 is 1.84 bits per heavy atom. The van der Waals surface area contributed by atoms with Gasteiger partial charge >= 0.3 is 0 Å². The largest absolute Gasteiger partial charge is 0.350 e. The molecule has 0 bridgehead atoms. The van der Waals surface area contributed by atoms with Gasteiger partial charge in [-0.2, -0.15) is 0 Å². The third-order valence-electron chi connectivity index (χ3n) is 5.58. The van der Waals surface area contributed by atoms with Crippen LogP contribution in [-0.2, 0) is 4.74 Å². The van der Waals surface area contributed by atoms with Crippen molar-refractivity contribution in [3.8, 4) is 0 Å². The Kier molecular flexibility index (Phi) is 6.63. The maximum Gasteiger partial charge on any atom is 0.188 e. The molecule has 0 N–H and O–H groups in total. The highest BCUT2D eigenvalue weighted by atomic mass is 19.1. The van der Waals surface area contributed by atoms with Gasteiger partial charge in [0, 0.05) is 0 Å². The Morgan fingerprint density at radius 2 is 1.37 bits per heavy atom. The minimum atomic E-state index is -0.610. The van der Waals surface area contributed by atoms with E-state index in [1.165, 1.54) is 64.2 Å². The lowest BCUT2D eigenvalue weighted by atomic mass is 9.69. The maximum absolute atomic E-state index is 12.0. The number of alkyl halides is 1. The van der Waals surface area contributed by atoms with Crippen molar-refractivity contribution in [2.24, 2.45) is 23.7 Å². The van der Waals surface area contributed by atoms with Gasteiger partial charge in [0.15, 0.2) is 6.86 Å². The highest BCUT2D eigenvalue weighted by Crippen LogP contribution is 2.42. The Morgan fingerprint density at radius 1 is 0.842 bits per heavy atom. The van der Waals surface area contributed by atoms with Gasteiger partial charge in [-0.25, -0.2) is 4.39 Å².